The van der Waals surface area contributed by atoms with Crippen molar-refractivity contribution in [2.75, 3.05) is 20.2 Å². The number of benzene rings is 3. The molecule has 3 aromatic rings. The highest BCUT2D eigenvalue weighted by atomic mass is 32.2. The average Bonchev–Trinajstić information content (AvgIpc) is 2.88. The highest BCUT2D eigenvalue weighted by Gasteiger charge is 2.45. The van der Waals surface area contributed by atoms with Gasteiger partial charge in [-0.1, -0.05) is 54.6 Å². The molecule has 178 valence electrons. The van der Waals surface area contributed by atoms with Gasteiger partial charge in [-0.3, -0.25) is 4.79 Å². The van der Waals surface area contributed by atoms with Gasteiger partial charge in [-0.05, 0) is 42.7 Å². The first-order valence-electron chi connectivity index (χ1n) is 11.1. The quantitative estimate of drug-likeness (QED) is 0.555. The van der Waals surface area contributed by atoms with Gasteiger partial charge in [-0.2, -0.15) is 4.31 Å². The maximum atomic E-state index is 13.6. The predicted molar refractivity (Wildman–Crippen MR) is 127 cm³/mol. The molecule has 0 aliphatic carbocycles. The zero-order chi connectivity index (χ0) is 24.2. The second-order valence-corrected chi connectivity index (χ2v) is 10.2. The fraction of sp³-hybridized carbons (Fsp3) is 0.269. The second-order valence-electron chi connectivity index (χ2n) is 8.30. The lowest BCUT2D eigenvalue weighted by Crippen LogP contribution is -2.52. The van der Waals surface area contributed by atoms with Gasteiger partial charge in [0.1, 0.15) is 11.6 Å². The summed E-state index contributed by atoms with van der Waals surface area (Å²) in [5.41, 5.74) is 0.819. The van der Waals surface area contributed by atoms with E-state index in [2.05, 4.69) is 5.32 Å². The van der Waals surface area contributed by atoms with Gasteiger partial charge >= 0.3 is 0 Å². The van der Waals surface area contributed by atoms with Crippen molar-refractivity contribution in [2.45, 2.75) is 29.7 Å². The van der Waals surface area contributed by atoms with E-state index < -0.39 is 21.3 Å². The third kappa shape index (κ3) is 4.69. The molecule has 0 saturated carbocycles. The molecule has 1 fully saturated rings. The van der Waals surface area contributed by atoms with Crippen LogP contribution in [0.5, 0.6) is 5.75 Å². The van der Waals surface area contributed by atoms with E-state index in [0.29, 0.717) is 25.1 Å². The van der Waals surface area contributed by atoms with E-state index in [1.807, 2.05) is 54.6 Å². The molecule has 0 spiro atoms. The summed E-state index contributed by atoms with van der Waals surface area (Å²) in [4.78, 5) is 13.5. The van der Waals surface area contributed by atoms with Crippen LogP contribution >= 0.6 is 0 Å². The number of nitrogens with zero attached hydrogens (tertiary/aromatic N) is 1. The number of nitrogens with one attached hydrogen (secondary N) is 1. The standard InChI is InChI=1S/C26H27FN2O4S/c1-33-24-13-6-5-8-20(24)19-28-25(30)26(21-9-3-2-4-10-21)14-16-29(17-15-26)34(31,32)23-12-7-11-22(27)18-23/h2-13,18H,14-17,19H2,1H3,(H,28,30). The number of para-hydroxylation sites is 1. The van der Waals surface area contributed by atoms with E-state index in [1.54, 1.807) is 7.11 Å². The first-order chi connectivity index (χ1) is 16.4. The van der Waals surface area contributed by atoms with Crippen LogP contribution in [0.15, 0.2) is 83.8 Å². The van der Waals surface area contributed by atoms with Crippen molar-refractivity contribution in [3.63, 3.8) is 0 Å². The van der Waals surface area contributed by atoms with E-state index in [4.69, 9.17) is 4.74 Å². The van der Waals surface area contributed by atoms with Crippen LogP contribution in [0.2, 0.25) is 0 Å². The van der Waals surface area contributed by atoms with Crippen molar-refractivity contribution in [3.05, 3.63) is 95.8 Å². The van der Waals surface area contributed by atoms with Crippen LogP contribution in [0.25, 0.3) is 0 Å². The molecular weight excluding hydrogens is 455 g/mol. The lowest BCUT2D eigenvalue weighted by molar-refractivity contribution is -0.128. The molecule has 34 heavy (non-hydrogen) atoms. The summed E-state index contributed by atoms with van der Waals surface area (Å²) in [6, 6.07) is 21.9. The van der Waals surface area contributed by atoms with Gasteiger partial charge in [0.15, 0.2) is 0 Å². The number of ether oxygens (including phenoxy) is 1. The number of carbonyl (C=O) groups excluding carboxylic acids is 1. The first kappa shape index (κ1) is 23.9. The van der Waals surface area contributed by atoms with Crippen molar-refractivity contribution in [1.82, 2.24) is 9.62 Å². The second kappa shape index (κ2) is 9.95. The van der Waals surface area contributed by atoms with E-state index in [-0.39, 0.29) is 23.9 Å². The lowest BCUT2D eigenvalue weighted by Gasteiger charge is -2.40. The van der Waals surface area contributed by atoms with E-state index in [9.17, 15) is 17.6 Å². The lowest BCUT2D eigenvalue weighted by atomic mass is 9.72. The Hall–Kier alpha value is -3.23. The summed E-state index contributed by atoms with van der Waals surface area (Å²) >= 11 is 0. The summed E-state index contributed by atoms with van der Waals surface area (Å²) in [6.07, 6.45) is 0.618. The summed E-state index contributed by atoms with van der Waals surface area (Å²) in [6.45, 7) is 0.592. The number of amides is 1. The number of methoxy groups -OCH3 is 1. The summed E-state index contributed by atoms with van der Waals surface area (Å²) in [5, 5.41) is 3.04. The Kier molecular flexibility index (Phi) is 7.00. The van der Waals surface area contributed by atoms with Gasteiger partial charge in [-0.15, -0.1) is 0 Å². The molecule has 4 rings (SSSR count). The minimum absolute atomic E-state index is 0.0830. The SMILES string of the molecule is COc1ccccc1CNC(=O)C1(c2ccccc2)CCN(S(=O)(=O)c2cccc(F)c2)CC1. The average molecular weight is 483 g/mol. The fourth-order valence-electron chi connectivity index (χ4n) is 4.48. The molecule has 1 heterocycles. The maximum Gasteiger partial charge on any atom is 0.243 e. The van der Waals surface area contributed by atoms with E-state index in [0.717, 1.165) is 17.2 Å². The topological polar surface area (TPSA) is 75.7 Å². The minimum atomic E-state index is -3.86. The molecule has 1 N–H and O–H groups in total. The molecule has 3 aromatic carbocycles. The Morgan fingerprint density at radius 1 is 1.00 bits per heavy atom. The van der Waals surface area contributed by atoms with E-state index in [1.165, 1.54) is 22.5 Å². The molecule has 1 saturated heterocycles. The number of rotatable bonds is 7. The molecule has 0 aromatic heterocycles. The molecule has 0 atom stereocenters. The molecular formula is C26H27FN2O4S. The third-order valence-corrected chi connectivity index (χ3v) is 8.30. The van der Waals surface area contributed by atoms with Gasteiger partial charge in [0.2, 0.25) is 15.9 Å². The Balaban J connectivity index is 1.57. The van der Waals surface area contributed by atoms with Crippen LogP contribution in [0.1, 0.15) is 24.0 Å². The highest BCUT2D eigenvalue weighted by molar-refractivity contribution is 7.89. The van der Waals surface area contributed by atoms with Gasteiger partial charge in [0.25, 0.3) is 0 Å². The smallest absolute Gasteiger partial charge is 0.243 e. The zero-order valence-electron chi connectivity index (χ0n) is 18.9. The molecule has 1 aliphatic heterocycles. The van der Waals surface area contributed by atoms with Crippen molar-refractivity contribution < 1.29 is 22.3 Å². The number of hydrogen-bond acceptors (Lipinski definition) is 4. The monoisotopic (exact) mass is 482 g/mol. The van der Waals surface area contributed by atoms with Crippen LogP contribution in [-0.4, -0.2) is 38.8 Å². The van der Waals surface area contributed by atoms with Gasteiger partial charge < -0.3 is 10.1 Å². The summed E-state index contributed by atoms with van der Waals surface area (Å²) in [7, 11) is -2.28. The largest absolute Gasteiger partial charge is 0.496 e. The Labute approximate surface area is 199 Å². The predicted octanol–water partition coefficient (Wildman–Crippen LogP) is 3.87. The van der Waals surface area contributed by atoms with Crippen molar-refractivity contribution in [3.8, 4) is 5.75 Å². The Morgan fingerprint density at radius 3 is 2.35 bits per heavy atom. The third-order valence-electron chi connectivity index (χ3n) is 6.40. The maximum absolute atomic E-state index is 13.6. The number of sulfonamides is 1. The normalized spacial score (nSPS) is 16.1. The molecule has 0 unspecified atom stereocenters. The van der Waals surface area contributed by atoms with Gasteiger partial charge in [-0.25, -0.2) is 12.8 Å². The van der Waals surface area contributed by atoms with E-state index >= 15 is 0 Å². The first-order valence-corrected chi connectivity index (χ1v) is 12.5. The number of piperidine rings is 1. The Bertz CT molecular complexity index is 1260. The van der Waals surface area contributed by atoms with Gasteiger partial charge in [0.05, 0.1) is 17.4 Å². The molecule has 1 amide bonds. The molecule has 8 heteroatoms. The highest BCUT2D eigenvalue weighted by Crippen LogP contribution is 2.37. The van der Waals surface area contributed by atoms with Crippen LogP contribution < -0.4 is 10.1 Å². The number of carbonyl (C=O) groups is 1. The minimum Gasteiger partial charge on any atom is -0.496 e. The molecule has 0 bridgehead atoms. The number of hydrogen-bond donors (Lipinski definition) is 1. The van der Waals surface area contributed by atoms with Crippen molar-refractivity contribution in [2.24, 2.45) is 0 Å². The summed E-state index contributed by atoms with van der Waals surface area (Å²) in [5.74, 6) is -0.0765. The molecule has 0 radical (unpaired) electrons. The zero-order valence-corrected chi connectivity index (χ0v) is 19.7. The van der Waals surface area contributed by atoms with Crippen molar-refractivity contribution >= 4 is 15.9 Å². The molecule has 1 aliphatic rings. The number of halogens is 1. The fourth-order valence-corrected chi connectivity index (χ4v) is 5.96. The van der Waals surface area contributed by atoms with Crippen LogP contribution in [0.3, 0.4) is 0 Å². The molecule has 6 nitrogen and oxygen atoms in total. The summed E-state index contributed by atoms with van der Waals surface area (Å²) < 4.78 is 46.5. The van der Waals surface area contributed by atoms with Crippen LogP contribution in [-0.2, 0) is 26.8 Å². The van der Waals surface area contributed by atoms with Crippen LogP contribution in [0.4, 0.5) is 4.39 Å². The van der Waals surface area contributed by atoms with Gasteiger partial charge in [0, 0.05) is 25.2 Å². The Morgan fingerprint density at radius 2 is 1.68 bits per heavy atom. The van der Waals surface area contributed by atoms with Crippen LogP contribution in [0, 0.1) is 5.82 Å². The van der Waals surface area contributed by atoms with Crippen molar-refractivity contribution in [1.29, 1.82) is 0 Å².